The summed E-state index contributed by atoms with van der Waals surface area (Å²) in [5, 5.41) is 5.11. The molecule has 0 aliphatic carbocycles. The van der Waals surface area contributed by atoms with Gasteiger partial charge in [-0.05, 0) is 5.69 Å². The monoisotopic (exact) mass is 205 g/mol. The van der Waals surface area contributed by atoms with Crippen molar-refractivity contribution in [1.29, 1.82) is 0 Å². The minimum Gasteiger partial charge on any atom is -0.412 e. The van der Waals surface area contributed by atoms with Crippen molar-refractivity contribution in [2.45, 2.75) is 0 Å². The van der Waals surface area contributed by atoms with Crippen molar-refractivity contribution in [3.05, 3.63) is 48.5 Å². The fraction of sp³-hybridized carbons (Fsp3) is 0. The minimum atomic E-state index is 0. The van der Waals surface area contributed by atoms with Gasteiger partial charge in [-0.15, -0.1) is 33.7 Å². The number of hydrogen-bond acceptors (Lipinski definition) is 1. The zero-order valence-electron chi connectivity index (χ0n) is 9.20. The van der Waals surface area contributed by atoms with Crippen molar-refractivity contribution in [1.82, 2.24) is 0 Å². The molecule has 0 radical (unpaired) electrons. The van der Waals surface area contributed by atoms with Crippen LogP contribution in [0, 0.1) is 0 Å². The van der Waals surface area contributed by atoms with Crippen molar-refractivity contribution < 1.29 is 24.3 Å². The van der Waals surface area contributed by atoms with Gasteiger partial charge in [0, 0.05) is 0 Å². The minimum absolute atomic E-state index is 0. The van der Waals surface area contributed by atoms with Crippen LogP contribution < -0.4 is 24.6 Å². The number of benzene rings is 2. The molecule has 0 aliphatic heterocycles. The van der Waals surface area contributed by atoms with E-state index >= 15 is 0 Å². The Morgan fingerprint density at radius 1 is 0.875 bits per heavy atom. The van der Waals surface area contributed by atoms with Gasteiger partial charge >= 0.3 is 18.9 Å². The second-order valence-corrected chi connectivity index (χ2v) is 3.58. The molecule has 0 aliphatic rings. The third kappa shape index (κ3) is 1.83. The summed E-state index contributed by atoms with van der Waals surface area (Å²) in [4.78, 5) is 0. The molecular formula is C13H12LiNO. The number of nitrogens with two attached hydrogens (primary N) is 1. The second kappa shape index (κ2) is 4.67. The van der Waals surface area contributed by atoms with Crippen molar-refractivity contribution >= 4 is 27.2 Å². The normalized spacial score (nSPS) is 9.75. The van der Waals surface area contributed by atoms with E-state index in [4.69, 9.17) is 5.73 Å². The molecule has 0 amide bonds. The van der Waals surface area contributed by atoms with Crippen LogP contribution in [0.25, 0.3) is 21.5 Å². The summed E-state index contributed by atoms with van der Waals surface area (Å²) >= 11 is 0. The summed E-state index contributed by atoms with van der Waals surface area (Å²) in [6, 6.07) is 16.7. The molecule has 0 fully saturated rings. The van der Waals surface area contributed by atoms with Gasteiger partial charge in [0.25, 0.3) is 0 Å². The molecule has 3 rings (SSSR count). The standard InChI is InChI=1S/C13H10N.Li.H2O/c14-11-5-6-13-10(8-11)7-9-3-1-2-4-12(9)13;;/h1-8H,14H2;;1H2/q-1;+1;. The van der Waals surface area contributed by atoms with Gasteiger partial charge in [-0.2, -0.15) is 0 Å². The van der Waals surface area contributed by atoms with Gasteiger partial charge < -0.3 is 11.2 Å². The average molecular weight is 205 g/mol. The van der Waals surface area contributed by atoms with Gasteiger partial charge in [-0.25, -0.2) is 0 Å². The summed E-state index contributed by atoms with van der Waals surface area (Å²) in [5.41, 5.74) is 6.57. The van der Waals surface area contributed by atoms with Crippen LogP contribution in [0.1, 0.15) is 0 Å². The number of rotatable bonds is 0. The van der Waals surface area contributed by atoms with E-state index in [1.165, 1.54) is 21.5 Å². The molecule has 3 heteroatoms. The maximum absolute atomic E-state index is 5.75. The zero-order valence-corrected chi connectivity index (χ0v) is 9.20. The Kier molecular flexibility index (Phi) is 3.72. The van der Waals surface area contributed by atoms with E-state index in [0.29, 0.717) is 0 Å². The molecule has 0 atom stereocenters. The molecule has 76 valence electrons. The van der Waals surface area contributed by atoms with Gasteiger partial charge in [0.05, 0.1) is 0 Å². The van der Waals surface area contributed by atoms with Crippen LogP contribution in [0.15, 0.2) is 48.5 Å². The van der Waals surface area contributed by atoms with Crippen LogP contribution in [-0.2, 0) is 0 Å². The maximum Gasteiger partial charge on any atom is 1.00 e. The Hall–Kier alpha value is -1.33. The Morgan fingerprint density at radius 2 is 1.56 bits per heavy atom. The molecule has 2 nitrogen and oxygen atoms in total. The van der Waals surface area contributed by atoms with E-state index in [1.54, 1.807) is 0 Å². The molecule has 0 saturated heterocycles. The number of nitrogen functional groups attached to an aromatic ring is 1. The van der Waals surface area contributed by atoms with Crippen molar-refractivity contribution in [3.8, 4) is 0 Å². The molecule has 0 bridgehead atoms. The molecule has 4 N–H and O–H groups in total. The van der Waals surface area contributed by atoms with E-state index < -0.39 is 0 Å². The molecule has 0 unspecified atom stereocenters. The van der Waals surface area contributed by atoms with Crippen LogP contribution >= 0.6 is 0 Å². The van der Waals surface area contributed by atoms with Crippen molar-refractivity contribution in [3.63, 3.8) is 0 Å². The van der Waals surface area contributed by atoms with Crippen molar-refractivity contribution in [2.75, 3.05) is 5.73 Å². The Labute approximate surface area is 106 Å². The topological polar surface area (TPSA) is 57.5 Å². The molecule has 0 saturated carbocycles. The SMILES string of the molecule is Nc1ccc2c(c1)[cH-]c1ccccc12.O.[Li+]. The summed E-state index contributed by atoms with van der Waals surface area (Å²) in [5.74, 6) is 0. The fourth-order valence-corrected chi connectivity index (χ4v) is 1.98. The number of hydrogen-bond donors (Lipinski definition) is 1. The molecule has 16 heavy (non-hydrogen) atoms. The smallest absolute Gasteiger partial charge is 0.412 e. The van der Waals surface area contributed by atoms with Gasteiger partial charge in [0.1, 0.15) is 0 Å². The summed E-state index contributed by atoms with van der Waals surface area (Å²) in [6.45, 7) is 0. The number of fused-ring (bicyclic) bond motifs is 3. The molecule has 3 aromatic carbocycles. The third-order valence-electron chi connectivity index (χ3n) is 2.64. The van der Waals surface area contributed by atoms with Gasteiger partial charge in [-0.1, -0.05) is 36.4 Å². The first-order chi connectivity index (χ1) is 6.84. The Morgan fingerprint density at radius 3 is 2.38 bits per heavy atom. The van der Waals surface area contributed by atoms with Gasteiger partial charge in [0.2, 0.25) is 0 Å². The molecule has 3 aromatic rings. The summed E-state index contributed by atoms with van der Waals surface area (Å²) < 4.78 is 0. The van der Waals surface area contributed by atoms with E-state index in [9.17, 15) is 0 Å². The van der Waals surface area contributed by atoms with Crippen LogP contribution in [0.2, 0.25) is 0 Å². The zero-order chi connectivity index (χ0) is 9.54. The largest absolute Gasteiger partial charge is 1.00 e. The fourth-order valence-electron chi connectivity index (χ4n) is 1.98. The second-order valence-electron chi connectivity index (χ2n) is 3.58. The van der Waals surface area contributed by atoms with E-state index in [-0.39, 0.29) is 24.3 Å². The molecule has 0 spiro atoms. The first-order valence-corrected chi connectivity index (χ1v) is 4.68. The Bertz CT molecular complexity index is 615. The summed E-state index contributed by atoms with van der Waals surface area (Å²) in [6.07, 6.45) is 0. The van der Waals surface area contributed by atoms with E-state index in [1.807, 2.05) is 12.1 Å². The molecule has 0 heterocycles. The maximum atomic E-state index is 5.75. The van der Waals surface area contributed by atoms with Gasteiger partial charge in [-0.3, -0.25) is 0 Å². The first kappa shape index (κ1) is 12.7. The molecular weight excluding hydrogens is 193 g/mol. The predicted molar refractivity (Wildman–Crippen MR) is 65.1 cm³/mol. The third-order valence-corrected chi connectivity index (χ3v) is 2.64. The van der Waals surface area contributed by atoms with Crippen molar-refractivity contribution in [2.24, 2.45) is 0 Å². The average Bonchev–Trinajstić information content (AvgIpc) is 2.54. The predicted octanol–water partition coefficient (Wildman–Crippen LogP) is -0.527. The number of anilines is 1. The van der Waals surface area contributed by atoms with E-state index in [2.05, 4.69) is 36.4 Å². The van der Waals surface area contributed by atoms with E-state index in [0.717, 1.165) is 5.69 Å². The quantitative estimate of drug-likeness (QED) is 0.299. The van der Waals surface area contributed by atoms with Gasteiger partial charge in [0.15, 0.2) is 0 Å². The first-order valence-electron chi connectivity index (χ1n) is 4.68. The van der Waals surface area contributed by atoms with Crippen LogP contribution in [0.4, 0.5) is 5.69 Å². The van der Waals surface area contributed by atoms with Crippen LogP contribution in [0.5, 0.6) is 0 Å². The van der Waals surface area contributed by atoms with Crippen LogP contribution in [-0.4, -0.2) is 5.48 Å². The molecule has 0 aromatic heterocycles. The summed E-state index contributed by atoms with van der Waals surface area (Å²) in [7, 11) is 0. The van der Waals surface area contributed by atoms with Crippen LogP contribution in [0.3, 0.4) is 0 Å². The Balaban J connectivity index is 0.000000640.